The van der Waals surface area contributed by atoms with Crippen LogP contribution >= 0.6 is 0 Å². The lowest BCUT2D eigenvalue weighted by Gasteiger charge is -2.10. The van der Waals surface area contributed by atoms with Gasteiger partial charge < -0.3 is 20.1 Å². The van der Waals surface area contributed by atoms with Gasteiger partial charge in [0.1, 0.15) is 11.5 Å². The van der Waals surface area contributed by atoms with Crippen molar-refractivity contribution in [2.24, 2.45) is 0 Å². The molecular weight excluding hydrogens is 296 g/mol. The molecule has 0 aromatic heterocycles. The maximum absolute atomic E-state index is 10.9. The molecule has 0 aliphatic rings. The number of carbonyl (C=O) groups excluding carboxylic acids is 2. The third kappa shape index (κ3) is 5.70. The summed E-state index contributed by atoms with van der Waals surface area (Å²) in [6.45, 7) is 2.96. The van der Waals surface area contributed by atoms with Crippen molar-refractivity contribution in [2.75, 3.05) is 17.4 Å². The molecule has 0 spiro atoms. The van der Waals surface area contributed by atoms with Gasteiger partial charge in [-0.05, 0) is 48.5 Å². The molecule has 0 atom stereocenters. The maximum Gasteiger partial charge on any atom is 0.230 e. The van der Waals surface area contributed by atoms with Gasteiger partial charge in [-0.2, -0.15) is 0 Å². The third-order valence-electron chi connectivity index (χ3n) is 2.80. The average molecular weight is 314 g/mol. The second kappa shape index (κ2) is 7.84. The quantitative estimate of drug-likeness (QED) is 0.804. The highest BCUT2D eigenvalue weighted by molar-refractivity contribution is 5.89. The van der Waals surface area contributed by atoms with Gasteiger partial charge in [0.05, 0.1) is 0 Å². The van der Waals surface area contributed by atoms with Gasteiger partial charge in [-0.15, -0.1) is 0 Å². The summed E-state index contributed by atoms with van der Waals surface area (Å²) in [6, 6.07) is 14.0. The first-order valence-electron chi connectivity index (χ1n) is 7.04. The van der Waals surface area contributed by atoms with E-state index in [9.17, 15) is 9.59 Å². The van der Waals surface area contributed by atoms with E-state index in [4.69, 9.17) is 9.47 Å². The number of hydrogen-bond acceptors (Lipinski definition) is 4. The number of benzene rings is 2. The molecule has 2 N–H and O–H groups in total. The smallest absolute Gasteiger partial charge is 0.230 e. The van der Waals surface area contributed by atoms with Crippen molar-refractivity contribution in [3.05, 3.63) is 48.5 Å². The fourth-order valence-corrected chi connectivity index (χ4v) is 1.84. The fraction of sp³-hybridized carbons (Fsp3) is 0.176. The molecule has 2 rings (SSSR count). The van der Waals surface area contributed by atoms with Crippen LogP contribution in [0.2, 0.25) is 0 Å². The highest BCUT2D eigenvalue weighted by Gasteiger charge is 1.99. The summed E-state index contributed by atoms with van der Waals surface area (Å²) in [6.07, 6.45) is 0. The van der Waals surface area contributed by atoms with Gasteiger partial charge in [-0.25, -0.2) is 0 Å². The highest BCUT2D eigenvalue weighted by atomic mass is 16.7. The number of rotatable bonds is 6. The second-order valence-electron chi connectivity index (χ2n) is 4.82. The summed E-state index contributed by atoms with van der Waals surface area (Å²) in [5, 5.41) is 5.35. The molecule has 0 fully saturated rings. The predicted molar refractivity (Wildman–Crippen MR) is 87.6 cm³/mol. The third-order valence-corrected chi connectivity index (χ3v) is 2.80. The number of ether oxygens (including phenoxy) is 2. The van der Waals surface area contributed by atoms with Crippen LogP contribution in [0.1, 0.15) is 13.8 Å². The second-order valence-corrected chi connectivity index (χ2v) is 4.82. The van der Waals surface area contributed by atoms with E-state index >= 15 is 0 Å². The summed E-state index contributed by atoms with van der Waals surface area (Å²) in [5.41, 5.74) is 1.42. The molecule has 2 amide bonds. The van der Waals surface area contributed by atoms with E-state index in [0.29, 0.717) is 22.9 Å². The summed E-state index contributed by atoms with van der Waals surface area (Å²) in [4.78, 5) is 21.8. The van der Waals surface area contributed by atoms with Crippen LogP contribution in [0.25, 0.3) is 0 Å². The lowest BCUT2D eigenvalue weighted by atomic mass is 10.3. The monoisotopic (exact) mass is 314 g/mol. The normalized spacial score (nSPS) is 9.83. The minimum Gasteiger partial charge on any atom is -0.458 e. The zero-order valence-electron chi connectivity index (χ0n) is 13.0. The molecule has 0 unspecified atom stereocenters. The summed E-state index contributed by atoms with van der Waals surface area (Å²) < 4.78 is 10.9. The summed E-state index contributed by atoms with van der Waals surface area (Å²) in [5.74, 6) is 1.03. The number of carbonyl (C=O) groups is 2. The van der Waals surface area contributed by atoms with Crippen LogP contribution in [0.5, 0.6) is 11.5 Å². The Morgan fingerprint density at radius 1 is 0.739 bits per heavy atom. The number of anilines is 2. The first-order valence-corrected chi connectivity index (χ1v) is 7.04. The molecule has 6 nitrogen and oxygen atoms in total. The first-order chi connectivity index (χ1) is 11.0. The van der Waals surface area contributed by atoms with Crippen molar-refractivity contribution in [1.29, 1.82) is 0 Å². The van der Waals surface area contributed by atoms with Crippen molar-refractivity contribution in [3.8, 4) is 11.5 Å². The van der Waals surface area contributed by atoms with Gasteiger partial charge in [0.2, 0.25) is 18.6 Å². The molecule has 0 aliphatic carbocycles. The summed E-state index contributed by atoms with van der Waals surface area (Å²) >= 11 is 0. The SMILES string of the molecule is CC(=O)Nc1ccc(OCOc2ccc(NC(C)=O)cc2)cc1. The van der Waals surface area contributed by atoms with Crippen LogP contribution in [0.4, 0.5) is 11.4 Å². The van der Waals surface area contributed by atoms with Gasteiger partial charge in [0.25, 0.3) is 0 Å². The Kier molecular flexibility index (Phi) is 5.57. The molecule has 6 heteroatoms. The highest BCUT2D eigenvalue weighted by Crippen LogP contribution is 2.18. The molecule has 2 aromatic carbocycles. The average Bonchev–Trinajstić information content (AvgIpc) is 2.50. The van der Waals surface area contributed by atoms with E-state index in [2.05, 4.69) is 10.6 Å². The zero-order valence-corrected chi connectivity index (χ0v) is 13.0. The lowest BCUT2D eigenvalue weighted by molar-refractivity contribution is -0.115. The zero-order chi connectivity index (χ0) is 16.7. The Morgan fingerprint density at radius 3 is 1.39 bits per heavy atom. The van der Waals surface area contributed by atoms with Gasteiger partial charge >= 0.3 is 0 Å². The van der Waals surface area contributed by atoms with Gasteiger partial charge in [0, 0.05) is 25.2 Å². The summed E-state index contributed by atoms with van der Waals surface area (Å²) in [7, 11) is 0. The number of nitrogens with one attached hydrogen (secondary N) is 2. The van der Waals surface area contributed by atoms with Crippen LogP contribution in [-0.2, 0) is 9.59 Å². The van der Waals surface area contributed by atoms with Crippen molar-refractivity contribution >= 4 is 23.2 Å². The van der Waals surface area contributed by atoms with Crippen molar-refractivity contribution in [3.63, 3.8) is 0 Å². The van der Waals surface area contributed by atoms with Crippen LogP contribution in [0.15, 0.2) is 48.5 Å². The Balaban J connectivity index is 1.80. The topological polar surface area (TPSA) is 76.7 Å². The molecule has 0 heterocycles. The van der Waals surface area contributed by atoms with Crippen molar-refractivity contribution in [2.45, 2.75) is 13.8 Å². The molecule has 0 aliphatic heterocycles. The van der Waals surface area contributed by atoms with Crippen LogP contribution in [0.3, 0.4) is 0 Å². The van der Waals surface area contributed by atoms with Gasteiger partial charge in [-0.1, -0.05) is 0 Å². The van der Waals surface area contributed by atoms with Gasteiger partial charge in [0.15, 0.2) is 0 Å². The van der Waals surface area contributed by atoms with E-state index in [0.717, 1.165) is 0 Å². The predicted octanol–water partition coefficient (Wildman–Crippen LogP) is 3.02. The molecule has 23 heavy (non-hydrogen) atoms. The van der Waals surface area contributed by atoms with Crippen LogP contribution in [-0.4, -0.2) is 18.6 Å². The lowest BCUT2D eigenvalue weighted by Crippen LogP contribution is -2.07. The molecule has 0 saturated heterocycles. The van der Waals surface area contributed by atoms with E-state index in [1.54, 1.807) is 48.5 Å². The van der Waals surface area contributed by atoms with E-state index in [-0.39, 0.29) is 18.6 Å². The maximum atomic E-state index is 10.9. The van der Waals surface area contributed by atoms with Crippen molar-refractivity contribution in [1.82, 2.24) is 0 Å². The Hall–Kier alpha value is -3.02. The standard InChI is InChI=1S/C17H18N2O4/c1-12(20)18-14-3-7-16(8-4-14)22-11-23-17-9-5-15(6-10-17)19-13(2)21/h3-10H,11H2,1-2H3,(H,18,20)(H,19,21). The van der Waals surface area contributed by atoms with E-state index < -0.39 is 0 Å². The minimum atomic E-state index is -0.121. The minimum absolute atomic E-state index is 0.0545. The first kappa shape index (κ1) is 16.4. The van der Waals surface area contributed by atoms with Crippen LogP contribution in [0, 0.1) is 0 Å². The Morgan fingerprint density at radius 2 is 1.09 bits per heavy atom. The molecular formula is C17H18N2O4. The largest absolute Gasteiger partial charge is 0.458 e. The molecule has 0 radical (unpaired) electrons. The molecule has 120 valence electrons. The molecule has 0 bridgehead atoms. The fourth-order valence-electron chi connectivity index (χ4n) is 1.84. The van der Waals surface area contributed by atoms with Gasteiger partial charge in [-0.3, -0.25) is 9.59 Å². The number of amides is 2. The molecule has 2 aromatic rings. The van der Waals surface area contributed by atoms with E-state index in [1.807, 2.05) is 0 Å². The van der Waals surface area contributed by atoms with Crippen molar-refractivity contribution < 1.29 is 19.1 Å². The van der Waals surface area contributed by atoms with E-state index in [1.165, 1.54) is 13.8 Å². The number of hydrogen-bond donors (Lipinski definition) is 2. The van der Waals surface area contributed by atoms with Crippen LogP contribution < -0.4 is 20.1 Å². The molecule has 0 saturated carbocycles. The Bertz CT molecular complexity index is 606. The Labute approximate surface area is 134 Å².